The molecular formula is C23H30N4OS. The molecule has 1 fully saturated rings. The maximum Gasteiger partial charge on any atom is 0.154 e. The Morgan fingerprint density at radius 1 is 1.03 bits per heavy atom. The molecule has 0 unspecified atom stereocenters. The summed E-state index contributed by atoms with van der Waals surface area (Å²) < 4.78 is 0. The molecular weight excluding hydrogens is 380 g/mol. The highest BCUT2D eigenvalue weighted by Crippen LogP contribution is 2.36. The fourth-order valence-electron chi connectivity index (χ4n) is 3.60. The number of nitrogen functional groups attached to an aromatic ring is 1. The van der Waals surface area contributed by atoms with Crippen molar-refractivity contribution in [1.29, 1.82) is 0 Å². The van der Waals surface area contributed by atoms with E-state index in [4.69, 9.17) is 5.73 Å². The molecule has 29 heavy (non-hydrogen) atoms. The van der Waals surface area contributed by atoms with Crippen molar-refractivity contribution in [3.8, 4) is 17.0 Å². The van der Waals surface area contributed by atoms with Crippen LogP contribution in [0.5, 0.6) is 5.75 Å². The molecule has 2 aromatic carbocycles. The maximum atomic E-state index is 10.2. The third-order valence-electron chi connectivity index (χ3n) is 5.32. The number of phenols is 1. The van der Waals surface area contributed by atoms with E-state index in [-0.39, 0.29) is 5.75 Å². The molecule has 6 heteroatoms. The summed E-state index contributed by atoms with van der Waals surface area (Å²) in [5, 5.41) is 20.2. The van der Waals surface area contributed by atoms with Crippen LogP contribution in [0.3, 0.4) is 0 Å². The number of hydrogen-bond donors (Lipinski definition) is 2. The summed E-state index contributed by atoms with van der Waals surface area (Å²) in [6.07, 6.45) is 6.27. The highest BCUT2D eigenvalue weighted by Gasteiger charge is 2.13. The van der Waals surface area contributed by atoms with Crippen molar-refractivity contribution in [2.45, 2.75) is 38.0 Å². The Kier molecular flexibility index (Phi) is 7.34. The molecule has 3 N–H and O–H groups in total. The van der Waals surface area contributed by atoms with Gasteiger partial charge in [0.05, 0.1) is 0 Å². The molecule has 0 bridgehead atoms. The van der Waals surface area contributed by atoms with Crippen LogP contribution in [0.25, 0.3) is 22.0 Å². The van der Waals surface area contributed by atoms with Crippen LogP contribution in [0.1, 0.15) is 31.7 Å². The van der Waals surface area contributed by atoms with Gasteiger partial charge in [-0.2, -0.15) is 0 Å². The van der Waals surface area contributed by atoms with Crippen molar-refractivity contribution in [2.75, 3.05) is 31.6 Å². The standard InChI is InChI=1S/C16H15N3OS.C7H15N/c1-9-3-5-11-13(7-9)16(17)19-18-15(11)12-6-4-10(21-2)8-14(12)20;1-2-8-6-4-3-5-7-8/h3-8,20H,1-2H3,(H2,17,19);2-7H2,1H3. The van der Waals surface area contributed by atoms with Crippen LogP contribution in [-0.4, -0.2) is 46.1 Å². The van der Waals surface area contributed by atoms with E-state index in [1.807, 2.05) is 43.5 Å². The zero-order valence-corrected chi connectivity index (χ0v) is 18.3. The third-order valence-corrected chi connectivity index (χ3v) is 6.05. The average molecular weight is 411 g/mol. The van der Waals surface area contributed by atoms with Gasteiger partial charge in [0.25, 0.3) is 0 Å². The Morgan fingerprint density at radius 2 is 1.79 bits per heavy atom. The minimum Gasteiger partial charge on any atom is -0.507 e. The molecule has 0 atom stereocenters. The monoisotopic (exact) mass is 410 g/mol. The lowest BCUT2D eigenvalue weighted by Crippen LogP contribution is -2.29. The normalized spacial score (nSPS) is 14.4. The third kappa shape index (κ3) is 5.19. The molecule has 154 valence electrons. The van der Waals surface area contributed by atoms with Crippen molar-refractivity contribution in [2.24, 2.45) is 0 Å². The maximum absolute atomic E-state index is 10.2. The van der Waals surface area contributed by atoms with Crippen LogP contribution >= 0.6 is 11.8 Å². The number of phenolic OH excluding ortho intramolecular Hbond substituents is 1. The summed E-state index contributed by atoms with van der Waals surface area (Å²) in [5.74, 6) is 0.598. The molecule has 0 aliphatic carbocycles. The lowest BCUT2D eigenvalue weighted by Gasteiger charge is -2.24. The van der Waals surface area contributed by atoms with Gasteiger partial charge in [-0.1, -0.05) is 31.0 Å². The zero-order valence-electron chi connectivity index (χ0n) is 17.5. The topological polar surface area (TPSA) is 75.3 Å². The molecule has 2 heterocycles. The number of fused-ring (bicyclic) bond motifs is 1. The Hall–Kier alpha value is -2.31. The summed E-state index contributed by atoms with van der Waals surface area (Å²) in [4.78, 5) is 3.52. The quantitative estimate of drug-likeness (QED) is 0.585. The Balaban J connectivity index is 0.000000252. The lowest BCUT2D eigenvalue weighted by molar-refractivity contribution is 0.240. The summed E-state index contributed by atoms with van der Waals surface area (Å²) in [7, 11) is 0. The van der Waals surface area contributed by atoms with Gasteiger partial charge in [-0.15, -0.1) is 22.0 Å². The lowest BCUT2D eigenvalue weighted by atomic mass is 10.0. The van der Waals surface area contributed by atoms with Crippen LogP contribution in [-0.2, 0) is 0 Å². The molecule has 5 nitrogen and oxygen atoms in total. The number of aryl methyl sites for hydroxylation is 1. The van der Waals surface area contributed by atoms with E-state index < -0.39 is 0 Å². The van der Waals surface area contributed by atoms with Gasteiger partial charge in [0.2, 0.25) is 0 Å². The number of benzene rings is 2. The van der Waals surface area contributed by atoms with Gasteiger partial charge in [0, 0.05) is 21.2 Å². The first-order valence-corrected chi connectivity index (χ1v) is 11.4. The van der Waals surface area contributed by atoms with E-state index in [0.29, 0.717) is 17.1 Å². The van der Waals surface area contributed by atoms with E-state index in [1.165, 1.54) is 38.9 Å². The van der Waals surface area contributed by atoms with Gasteiger partial charge < -0.3 is 15.7 Å². The molecule has 0 saturated carbocycles. The van der Waals surface area contributed by atoms with Crippen molar-refractivity contribution in [3.05, 3.63) is 42.0 Å². The summed E-state index contributed by atoms with van der Waals surface area (Å²) in [5.41, 5.74) is 8.33. The van der Waals surface area contributed by atoms with Gasteiger partial charge >= 0.3 is 0 Å². The number of rotatable bonds is 3. The van der Waals surface area contributed by atoms with Crippen LogP contribution in [0.4, 0.5) is 5.82 Å². The van der Waals surface area contributed by atoms with E-state index >= 15 is 0 Å². The first-order chi connectivity index (χ1) is 14.0. The van der Waals surface area contributed by atoms with Crippen LogP contribution in [0.15, 0.2) is 41.3 Å². The van der Waals surface area contributed by atoms with E-state index in [0.717, 1.165) is 21.2 Å². The molecule has 0 radical (unpaired) electrons. The molecule has 3 aromatic rings. The molecule has 0 amide bonds. The van der Waals surface area contributed by atoms with Gasteiger partial charge in [0.1, 0.15) is 11.4 Å². The van der Waals surface area contributed by atoms with Crippen molar-refractivity contribution >= 4 is 28.4 Å². The number of piperidine rings is 1. The number of aromatic hydroxyl groups is 1. The summed E-state index contributed by atoms with van der Waals surface area (Å²) in [6.45, 7) is 8.18. The van der Waals surface area contributed by atoms with Crippen molar-refractivity contribution < 1.29 is 5.11 Å². The van der Waals surface area contributed by atoms with E-state index in [1.54, 1.807) is 17.8 Å². The fraction of sp³-hybridized carbons (Fsp3) is 0.391. The van der Waals surface area contributed by atoms with Crippen molar-refractivity contribution in [1.82, 2.24) is 15.1 Å². The molecule has 4 rings (SSSR count). The van der Waals surface area contributed by atoms with Gasteiger partial charge in [0.15, 0.2) is 5.82 Å². The van der Waals surface area contributed by atoms with E-state index in [2.05, 4.69) is 22.0 Å². The second-order valence-corrected chi connectivity index (χ2v) is 8.24. The van der Waals surface area contributed by atoms with Crippen LogP contribution in [0, 0.1) is 6.92 Å². The minimum atomic E-state index is 0.197. The Labute approximate surface area is 177 Å². The smallest absolute Gasteiger partial charge is 0.154 e. The Morgan fingerprint density at radius 3 is 2.41 bits per heavy atom. The van der Waals surface area contributed by atoms with Crippen LogP contribution in [0.2, 0.25) is 0 Å². The molecule has 1 saturated heterocycles. The second-order valence-electron chi connectivity index (χ2n) is 7.36. The predicted molar refractivity (Wildman–Crippen MR) is 124 cm³/mol. The average Bonchev–Trinajstić information content (AvgIpc) is 2.75. The number of aromatic nitrogens is 2. The predicted octanol–water partition coefficient (Wildman–Crippen LogP) is 5.11. The number of thioether (sulfide) groups is 1. The number of nitrogens with zero attached hydrogens (tertiary/aromatic N) is 3. The number of anilines is 1. The minimum absolute atomic E-state index is 0.197. The number of hydrogen-bond acceptors (Lipinski definition) is 6. The molecule has 0 spiro atoms. The van der Waals surface area contributed by atoms with Gasteiger partial charge in [-0.3, -0.25) is 0 Å². The fourth-order valence-corrected chi connectivity index (χ4v) is 4.03. The first kappa shape index (κ1) is 21.4. The molecule has 1 aliphatic rings. The zero-order chi connectivity index (χ0) is 20.8. The molecule has 1 aromatic heterocycles. The van der Waals surface area contributed by atoms with E-state index in [9.17, 15) is 5.11 Å². The van der Waals surface area contributed by atoms with Crippen LogP contribution < -0.4 is 5.73 Å². The SMILES string of the molecule is CCN1CCCCC1.CSc1ccc(-c2nnc(N)c3cc(C)ccc23)c(O)c1. The number of nitrogens with two attached hydrogens (primary N) is 1. The number of likely N-dealkylation sites (tertiary alicyclic amines) is 1. The summed E-state index contributed by atoms with van der Waals surface area (Å²) in [6, 6.07) is 11.5. The van der Waals surface area contributed by atoms with Gasteiger partial charge in [-0.25, -0.2) is 0 Å². The van der Waals surface area contributed by atoms with Crippen molar-refractivity contribution in [3.63, 3.8) is 0 Å². The second kappa shape index (κ2) is 9.94. The molecule has 1 aliphatic heterocycles. The largest absolute Gasteiger partial charge is 0.507 e. The van der Waals surface area contributed by atoms with Gasteiger partial charge in [-0.05, 0) is 69.9 Å². The highest BCUT2D eigenvalue weighted by atomic mass is 32.2. The first-order valence-electron chi connectivity index (χ1n) is 10.2. The summed E-state index contributed by atoms with van der Waals surface area (Å²) >= 11 is 1.58. The highest BCUT2D eigenvalue weighted by molar-refractivity contribution is 7.98. The Bertz CT molecular complexity index is 970.